The zero-order valence-corrected chi connectivity index (χ0v) is 10.6. The Bertz CT molecular complexity index is 567. The molecule has 0 radical (unpaired) electrons. The van der Waals surface area contributed by atoms with Crippen molar-refractivity contribution in [1.29, 1.82) is 0 Å². The van der Waals surface area contributed by atoms with Crippen LogP contribution in [0.5, 0.6) is 11.6 Å². The summed E-state index contributed by atoms with van der Waals surface area (Å²) in [4.78, 5) is 15.3. The number of primary amides is 1. The number of ether oxygens (including phenoxy) is 1. The maximum atomic E-state index is 11.2. The Morgan fingerprint density at radius 2 is 2.05 bits per heavy atom. The van der Waals surface area contributed by atoms with Gasteiger partial charge in [0.2, 0.25) is 5.88 Å². The summed E-state index contributed by atoms with van der Waals surface area (Å²) in [5.74, 6) is 0.271. The van der Waals surface area contributed by atoms with Crippen LogP contribution in [0.3, 0.4) is 0 Å². The molecule has 19 heavy (non-hydrogen) atoms. The van der Waals surface area contributed by atoms with Crippen molar-refractivity contribution in [2.75, 3.05) is 7.05 Å². The average Bonchev–Trinajstić information content (AvgIpc) is 2.42. The second kappa shape index (κ2) is 5.97. The van der Waals surface area contributed by atoms with Crippen LogP contribution in [-0.4, -0.2) is 17.9 Å². The minimum Gasteiger partial charge on any atom is -0.438 e. The lowest BCUT2D eigenvalue weighted by atomic mass is 10.2. The summed E-state index contributed by atoms with van der Waals surface area (Å²) in [6.07, 6.45) is 1.55. The van der Waals surface area contributed by atoms with Gasteiger partial charge in [0.1, 0.15) is 11.3 Å². The molecule has 0 saturated heterocycles. The lowest BCUT2D eigenvalue weighted by molar-refractivity contribution is 0.0997. The molecule has 0 fully saturated rings. The Hall–Kier alpha value is -2.40. The first-order valence-electron chi connectivity index (χ1n) is 5.87. The molecule has 1 aromatic carbocycles. The molecular weight excluding hydrogens is 242 g/mol. The van der Waals surface area contributed by atoms with Crippen LogP contribution in [0.1, 0.15) is 15.9 Å². The van der Waals surface area contributed by atoms with Crippen LogP contribution < -0.4 is 15.8 Å². The number of aromatic nitrogens is 1. The molecule has 1 aromatic heterocycles. The van der Waals surface area contributed by atoms with Crippen LogP contribution in [0.15, 0.2) is 42.6 Å². The van der Waals surface area contributed by atoms with Gasteiger partial charge in [-0.3, -0.25) is 4.79 Å². The fraction of sp³-hybridized carbons (Fsp3) is 0.143. The third-order valence-corrected chi connectivity index (χ3v) is 2.56. The quantitative estimate of drug-likeness (QED) is 0.854. The molecule has 0 unspecified atom stereocenters. The van der Waals surface area contributed by atoms with Crippen molar-refractivity contribution >= 4 is 5.91 Å². The largest absolute Gasteiger partial charge is 0.438 e. The van der Waals surface area contributed by atoms with Crippen LogP contribution in [0.4, 0.5) is 0 Å². The Kier molecular flexibility index (Phi) is 4.10. The smallest absolute Gasteiger partial charge is 0.254 e. The molecule has 0 aliphatic heterocycles. The highest BCUT2D eigenvalue weighted by Crippen LogP contribution is 2.22. The van der Waals surface area contributed by atoms with Crippen LogP contribution in [0.2, 0.25) is 0 Å². The molecule has 0 saturated carbocycles. The summed E-state index contributed by atoms with van der Waals surface area (Å²) in [7, 11) is 1.89. The molecule has 2 rings (SSSR count). The standard InChI is InChI=1S/C14H15N3O2/c1-16-9-10-4-6-11(7-5-10)19-14-12(13(15)18)3-2-8-17-14/h2-8,16H,9H2,1H3,(H2,15,18). The van der Waals surface area contributed by atoms with Gasteiger partial charge >= 0.3 is 0 Å². The Morgan fingerprint density at radius 1 is 1.32 bits per heavy atom. The molecule has 0 bridgehead atoms. The van der Waals surface area contributed by atoms with Gasteiger partial charge in [-0.05, 0) is 36.9 Å². The number of amides is 1. The molecule has 1 amide bonds. The minimum absolute atomic E-state index is 0.219. The van der Waals surface area contributed by atoms with Gasteiger partial charge in [-0.1, -0.05) is 12.1 Å². The number of pyridine rings is 1. The molecule has 5 nitrogen and oxygen atoms in total. The number of hydrogen-bond donors (Lipinski definition) is 2. The monoisotopic (exact) mass is 257 g/mol. The summed E-state index contributed by atoms with van der Waals surface area (Å²) in [5.41, 5.74) is 6.67. The molecule has 1 heterocycles. The van der Waals surface area contributed by atoms with Crippen molar-refractivity contribution in [2.45, 2.75) is 6.54 Å². The number of carbonyl (C=O) groups excluding carboxylic acids is 1. The number of hydrogen-bond acceptors (Lipinski definition) is 4. The Labute approximate surface area is 111 Å². The number of nitrogens with two attached hydrogens (primary N) is 1. The van der Waals surface area contributed by atoms with E-state index in [1.54, 1.807) is 18.3 Å². The third-order valence-electron chi connectivity index (χ3n) is 2.56. The third kappa shape index (κ3) is 3.29. The second-order valence-corrected chi connectivity index (χ2v) is 4.00. The van der Waals surface area contributed by atoms with Gasteiger partial charge < -0.3 is 15.8 Å². The molecule has 0 aliphatic rings. The normalized spacial score (nSPS) is 10.2. The van der Waals surface area contributed by atoms with E-state index in [1.165, 1.54) is 0 Å². The number of carbonyl (C=O) groups is 1. The molecule has 0 atom stereocenters. The van der Waals surface area contributed by atoms with Crippen molar-refractivity contribution in [3.05, 3.63) is 53.7 Å². The van der Waals surface area contributed by atoms with E-state index in [-0.39, 0.29) is 11.4 Å². The van der Waals surface area contributed by atoms with E-state index in [2.05, 4.69) is 10.3 Å². The van der Waals surface area contributed by atoms with E-state index < -0.39 is 5.91 Å². The highest BCUT2D eigenvalue weighted by molar-refractivity contribution is 5.95. The first kappa shape index (κ1) is 13.0. The van der Waals surface area contributed by atoms with Crippen LogP contribution in [-0.2, 0) is 6.54 Å². The van der Waals surface area contributed by atoms with E-state index in [9.17, 15) is 4.79 Å². The number of rotatable bonds is 5. The van der Waals surface area contributed by atoms with Gasteiger partial charge in [-0.25, -0.2) is 4.98 Å². The fourth-order valence-electron chi connectivity index (χ4n) is 1.65. The van der Waals surface area contributed by atoms with E-state index in [0.717, 1.165) is 12.1 Å². The van der Waals surface area contributed by atoms with Gasteiger partial charge in [0, 0.05) is 12.7 Å². The van der Waals surface area contributed by atoms with Crippen molar-refractivity contribution in [1.82, 2.24) is 10.3 Å². The van der Waals surface area contributed by atoms with Crippen LogP contribution in [0.25, 0.3) is 0 Å². The summed E-state index contributed by atoms with van der Waals surface area (Å²) in [5, 5.41) is 3.06. The first-order valence-corrected chi connectivity index (χ1v) is 5.87. The molecule has 0 aliphatic carbocycles. The summed E-state index contributed by atoms with van der Waals surface area (Å²) < 4.78 is 5.57. The maximum Gasteiger partial charge on any atom is 0.254 e. The summed E-state index contributed by atoms with van der Waals surface area (Å²) in [6.45, 7) is 0.788. The zero-order valence-electron chi connectivity index (χ0n) is 10.6. The fourth-order valence-corrected chi connectivity index (χ4v) is 1.65. The highest BCUT2D eigenvalue weighted by atomic mass is 16.5. The predicted molar refractivity (Wildman–Crippen MR) is 72.0 cm³/mol. The Balaban J connectivity index is 2.19. The van der Waals surface area contributed by atoms with E-state index in [4.69, 9.17) is 10.5 Å². The molecule has 98 valence electrons. The molecule has 3 N–H and O–H groups in total. The number of benzene rings is 1. The Morgan fingerprint density at radius 3 is 2.68 bits per heavy atom. The maximum absolute atomic E-state index is 11.2. The summed E-state index contributed by atoms with van der Waals surface area (Å²) >= 11 is 0. The lowest BCUT2D eigenvalue weighted by Crippen LogP contribution is -2.12. The summed E-state index contributed by atoms with van der Waals surface area (Å²) in [6, 6.07) is 10.8. The van der Waals surface area contributed by atoms with Gasteiger partial charge in [0.05, 0.1) is 0 Å². The van der Waals surface area contributed by atoms with Crippen molar-refractivity contribution in [3.8, 4) is 11.6 Å². The lowest BCUT2D eigenvalue weighted by Gasteiger charge is -2.08. The van der Waals surface area contributed by atoms with E-state index >= 15 is 0 Å². The number of nitrogens with one attached hydrogen (secondary N) is 1. The van der Waals surface area contributed by atoms with Gasteiger partial charge in [0.25, 0.3) is 5.91 Å². The van der Waals surface area contributed by atoms with E-state index in [1.807, 2.05) is 31.3 Å². The number of nitrogens with zero attached hydrogens (tertiary/aromatic N) is 1. The first-order chi connectivity index (χ1) is 9.20. The highest BCUT2D eigenvalue weighted by Gasteiger charge is 2.10. The molecule has 5 heteroatoms. The molecule has 0 spiro atoms. The van der Waals surface area contributed by atoms with Gasteiger partial charge in [-0.2, -0.15) is 0 Å². The minimum atomic E-state index is -0.560. The van der Waals surface area contributed by atoms with Gasteiger partial charge in [0.15, 0.2) is 0 Å². The van der Waals surface area contributed by atoms with Crippen LogP contribution in [0, 0.1) is 0 Å². The van der Waals surface area contributed by atoms with Crippen molar-refractivity contribution in [2.24, 2.45) is 5.73 Å². The molecule has 2 aromatic rings. The predicted octanol–water partition coefficient (Wildman–Crippen LogP) is 1.69. The average molecular weight is 257 g/mol. The molecular formula is C14H15N3O2. The van der Waals surface area contributed by atoms with Gasteiger partial charge in [-0.15, -0.1) is 0 Å². The van der Waals surface area contributed by atoms with E-state index in [0.29, 0.717) is 5.75 Å². The van der Waals surface area contributed by atoms with Crippen molar-refractivity contribution in [3.63, 3.8) is 0 Å². The zero-order chi connectivity index (χ0) is 13.7. The topological polar surface area (TPSA) is 77.2 Å². The van der Waals surface area contributed by atoms with Crippen LogP contribution >= 0.6 is 0 Å². The SMILES string of the molecule is CNCc1ccc(Oc2ncccc2C(N)=O)cc1. The second-order valence-electron chi connectivity index (χ2n) is 4.00. The van der Waals surface area contributed by atoms with Crippen molar-refractivity contribution < 1.29 is 9.53 Å².